The molecule has 4 nitrogen and oxygen atoms in total. The fraction of sp³-hybridized carbons (Fsp3) is 1.00. The van der Waals surface area contributed by atoms with Gasteiger partial charge in [0.1, 0.15) is 0 Å². The molecule has 0 spiro atoms. The topological polar surface area (TPSA) is 36.9 Å². The molecule has 0 saturated heterocycles. The van der Waals surface area contributed by atoms with Crippen LogP contribution in [0, 0.1) is 0 Å². The van der Waals surface area contributed by atoms with Crippen LogP contribution >= 0.6 is 0 Å². The van der Waals surface area contributed by atoms with Gasteiger partial charge in [0.05, 0.1) is 12.7 Å². The monoisotopic (exact) mass is 220 g/mol. The van der Waals surface area contributed by atoms with Crippen molar-refractivity contribution in [1.82, 2.24) is 0 Å². The molecule has 0 fully saturated rings. The lowest BCUT2D eigenvalue weighted by Crippen LogP contribution is -2.26. The third-order valence-corrected chi connectivity index (χ3v) is 1.79. The van der Waals surface area contributed by atoms with Crippen molar-refractivity contribution in [3.63, 3.8) is 0 Å². The van der Waals surface area contributed by atoms with Crippen molar-refractivity contribution in [3.8, 4) is 0 Å². The molecular formula is C11H24O4. The van der Waals surface area contributed by atoms with E-state index in [1.54, 1.807) is 0 Å². The summed E-state index contributed by atoms with van der Waals surface area (Å²) in [5.74, 6) is 0. The van der Waals surface area contributed by atoms with Gasteiger partial charge >= 0.3 is 0 Å². The van der Waals surface area contributed by atoms with Crippen LogP contribution in [-0.4, -0.2) is 38.5 Å². The van der Waals surface area contributed by atoms with Gasteiger partial charge in [-0.15, -0.1) is 0 Å². The van der Waals surface area contributed by atoms with E-state index in [9.17, 15) is 0 Å². The summed E-state index contributed by atoms with van der Waals surface area (Å²) < 4.78 is 21.4. The number of rotatable bonds is 9. The molecule has 0 radical (unpaired) electrons. The minimum Gasteiger partial charge on any atom is -0.353 e. The van der Waals surface area contributed by atoms with Gasteiger partial charge < -0.3 is 18.9 Å². The minimum absolute atomic E-state index is 0.00876. The molecule has 15 heavy (non-hydrogen) atoms. The highest BCUT2D eigenvalue weighted by atomic mass is 16.7. The van der Waals surface area contributed by atoms with E-state index in [0.29, 0.717) is 19.8 Å². The summed E-state index contributed by atoms with van der Waals surface area (Å²) in [6.45, 7) is 11.4. The summed E-state index contributed by atoms with van der Waals surface area (Å²) in [6, 6.07) is 0. The number of hydrogen-bond donors (Lipinski definition) is 0. The van der Waals surface area contributed by atoms with Crippen LogP contribution in [0.1, 0.15) is 34.6 Å². The first-order valence-electron chi connectivity index (χ1n) is 5.60. The highest BCUT2D eigenvalue weighted by molar-refractivity contribution is 4.48. The van der Waals surface area contributed by atoms with Crippen LogP contribution in [0.2, 0.25) is 0 Å². The van der Waals surface area contributed by atoms with E-state index in [1.165, 1.54) is 0 Å². The normalized spacial score (nSPS) is 17.4. The third kappa shape index (κ3) is 8.81. The Labute approximate surface area is 92.8 Å². The lowest BCUT2D eigenvalue weighted by Gasteiger charge is -2.20. The molecule has 0 aliphatic rings. The fourth-order valence-electron chi connectivity index (χ4n) is 1.19. The molecule has 92 valence electrons. The SMILES string of the molecule is CCO[C@H](C)OC[C@H](C)O[C@H](C)OCC. The largest absolute Gasteiger partial charge is 0.353 e. The smallest absolute Gasteiger partial charge is 0.155 e. The average molecular weight is 220 g/mol. The first-order chi connectivity index (χ1) is 7.10. The van der Waals surface area contributed by atoms with Crippen LogP contribution in [0.25, 0.3) is 0 Å². The summed E-state index contributed by atoms with van der Waals surface area (Å²) in [7, 11) is 0. The average Bonchev–Trinajstić information content (AvgIpc) is 2.15. The van der Waals surface area contributed by atoms with Crippen molar-refractivity contribution in [2.75, 3.05) is 19.8 Å². The predicted molar refractivity (Wildman–Crippen MR) is 58.7 cm³/mol. The maximum atomic E-state index is 5.52. The van der Waals surface area contributed by atoms with Crippen molar-refractivity contribution in [1.29, 1.82) is 0 Å². The molecule has 0 aromatic carbocycles. The fourth-order valence-corrected chi connectivity index (χ4v) is 1.19. The molecule has 0 heterocycles. The van der Waals surface area contributed by atoms with Crippen LogP contribution in [0.4, 0.5) is 0 Å². The molecule has 4 heteroatoms. The van der Waals surface area contributed by atoms with Gasteiger partial charge in [0.2, 0.25) is 0 Å². The molecule has 0 amide bonds. The Morgan fingerprint density at radius 1 is 0.800 bits per heavy atom. The lowest BCUT2D eigenvalue weighted by atomic mass is 10.4. The van der Waals surface area contributed by atoms with E-state index in [0.717, 1.165) is 0 Å². The molecule has 0 N–H and O–H groups in total. The van der Waals surface area contributed by atoms with Gasteiger partial charge in [0, 0.05) is 13.2 Å². The van der Waals surface area contributed by atoms with Crippen molar-refractivity contribution in [2.24, 2.45) is 0 Å². The van der Waals surface area contributed by atoms with Gasteiger partial charge in [-0.2, -0.15) is 0 Å². The highest BCUT2D eigenvalue weighted by Crippen LogP contribution is 2.02. The van der Waals surface area contributed by atoms with Gasteiger partial charge in [-0.25, -0.2) is 0 Å². The second-order valence-corrected chi connectivity index (χ2v) is 3.33. The molecular weight excluding hydrogens is 196 g/mol. The van der Waals surface area contributed by atoms with Gasteiger partial charge in [0.25, 0.3) is 0 Å². The van der Waals surface area contributed by atoms with E-state index in [2.05, 4.69) is 0 Å². The predicted octanol–water partition coefficient (Wildman–Crippen LogP) is 2.17. The van der Waals surface area contributed by atoms with Crippen LogP contribution in [0.5, 0.6) is 0 Å². The highest BCUT2D eigenvalue weighted by Gasteiger charge is 2.10. The summed E-state index contributed by atoms with van der Waals surface area (Å²) in [5.41, 5.74) is 0. The van der Waals surface area contributed by atoms with Gasteiger partial charge in [-0.05, 0) is 34.6 Å². The molecule has 0 aliphatic carbocycles. The summed E-state index contributed by atoms with van der Waals surface area (Å²) >= 11 is 0. The molecule has 0 bridgehead atoms. The summed E-state index contributed by atoms with van der Waals surface area (Å²) in [6.07, 6.45) is -0.353. The van der Waals surface area contributed by atoms with Crippen LogP contribution in [-0.2, 0) is 18.9 Å². The van der Waals surface area contributed by atoms with E-state index in [-0.39, 0.29) is 18.7 Å². The molecule has 0 aromatic rings. The Bertz CT molecular complexity index is 141. The van der Waals surface area contributed by atoms with E-state index in [1.807, 2.05) is 34.6 Å². The first-order valence-corrected chi connectivity index (χ1v) is 5.60. The number of ether oxygens (including phenoxy) is 4. The number of hydrogen-bond acceptors (Lipinski definition) is 4. The van der Waals surface area contributed by atoms with Crippen LogP contribution in [0.15, 0.2) is 0 Å². The summed E-state index contributed by atoms with van der Waals surface area (Å²) in [5, 5.41) is 0. The standard InChI is InChI=1S/C11H24O4/c1-6-12-10(4)14-8-9(3)15-11(5)13-7-2/h9-11H,6-8H2,1-5H3/t9-,10-,11+/m0/s1. The van der Waals surface area contributed by atoms with Crippen molar-refractivity contribution in [3.05, 3.63) is 0 Å². The zero-order valence-corrected chi connectivity index (χ0v) is 10.5. The molecule has 0 aliphatic heterocycles. The second kappa shape index (κ2) is 9.09. The second-order valence-electron chi connectivity index (χ2n) is 3.33. The Hall–Kier alpha value is -0.160. The molecule has 0 rings (SSSR count). The lowest BCUT2D eigenvalue weighted by molar-refractivity contribution is -0.192. The molecule has 0 unspecified atom stereocenters. The third-order valence-electron chi connectivity index (χ3n) is 1.79. The Morgan fingerprint density at radius 2 is 1.33 bits per heavy atom. The van der Waals surface area contributed by atoms with Gasteiger partial charge in [-0.1, -0.05) is 0 Å². The molecule has 0 aromatic heterocycles. The Morgan fingerprint density at radius 3 is 1.87 bits per heavy atom. The van der Waals surface area contributed by atoms with E-state index in [4.69, 9.17) is 18.9 Å². The molecule has 3 atom stereocenters. The van der Waals surface area contributed by atoms with Crippen molar-refractivity contribution < 1.29 is 18.9 Å². The quantitative estimate of drug-likeness (QED) is 0.558. The maximum absolute atomic E-state index is 5.52. The van der Waals surface area contributed by atoms with Gasteiger partial charge in [-0.3, -0.25) is 0 Å². The summed E-state index contributed by atoms with van der Waals surface area (Å²) in [4.78, 5) is 0. The zero-order valence-electron chi connectivity index (χ0n) is 10.5. The van der Waals surface area contributed by atoms with Gasteiger partial charge in [0.15, 0.2) is 12.6 Å². The van der Waals surface area contributed by atoms with Crippen LogP contribution < -0.4 is 0 Å². The first kappa shape index (κ1) is 14.8. The van der Waals surface area contributed by atoms with Crippen LogP contribution in [0.3, 0.4) is 0 Å². The minimum atomic E-state index is -0.184. The Balaban J connectivity index is 3.51. The van der Waals surface area contributed by atoms with Crippen molar-refractivity contribution >= 4 is 0 Å². The zero-order chi connectivity index (χ0) is 11.7. The van der Waals surface area contributed by atoms with E-state index < -0.39 is 0 Å². The molecule has 0 saturated carbocycles. The van der Waals surface area contributed by atoms with Crippen molar-refractivity contribution in [2.45, 2.75) is 53.3 Å². The maximum Gasteiger partial charge on any atom is 0.155 e. The van der Waals surface area contributed by atoms with E-state index >= 15 is 0 Å². The Kier molecular flexibility index (Phi) is 9.00.